The van der Waals surface area contributed by atoms with Crippen LogP contribution in [0.4, 0.5) is 5.69 Å². The van der Waals surface area contributed by atoms with E-state index in [4.69, 9.17) is 4.98 Å². The van der Waals surface area contributed by atoms with Crippen LogP contribution in [-0.4, -0.2) is 10.9 Å². The highest BCUT2D eigenvalue weighted by atomic mass is 16.1. The van der Waals surface area contributed by atoms with Gasteiger partial charge in [-0.15, -0.1) is 0 Å². The van der Waals surface area contributed by atoms with Gasteiger partial charge in [-0.2, -0.15) is 0 Å². The summed E-state index contributed by atoms with van der Waals surface area (Å²) in [4.78, 5) is 16.7. The van der Waals surface area contributed by atoms with Gasteiger partial charge >= 0.3 is 0 Å². The Labute approximate surface area is 154 Å². The highest BCUT2D eigenvalue weighted by Crippen LogP contribution is 2.36. The number of amides is 1. The van der Waals surface area contributed by atoms with E-state index in [0.717, 1.165) is 41.0 Å². The lowest BCUT2D eigenvalue weighted by atomic mass is 9.87. The number of benzene rings is 2. The molecule has 1 N–H and O–H groups in total. The standard InChI is InChI=1S/C23H22N2O/c1-16(26)24-21-14-8-7-13-20(21)23-19-12-6-5-11-18(19)15-22(25-23)17-9-3-2-4-10-17/h2-4,7-10,13-15H,5-6,11-12H2,1H3,(H,24,26). The third kappa shape index (κ3) is 3.25. The van der Waals surface area contributed by atoms with Gasteiger partial charge in [0.25, 0.3) is 0 Å². The summed E-state index contributed by atoms with van der Waals surface area (Å²) in [5.41, 5.74) is 7.67. The molecule has 130 valence electrons. The van der Waals surface area contributed by atoms with Crippen molar-refractivity contribution in [2.45, 2.75) is 32.6 Å². The number of carbonyl (C=O) groups excluding carboxylic acids is 1. The second kappa shape index (κ2) is 7.12. The highest BCUT2D eigenvalue weighted by molar-refractivity contribution is 5.94. The average Bonchev–Trinajstić information content (AvgIpc) is 2.68. The molecule has 1 heterocycles. The van der Waals surface area contributed by atoms with E-state index in [1.807, 2.05) is 36.4 Å². The smallest absolute Gasteiger partial charge is 0.221 e. The predicted molar refractivity (Wildman–Crippen MR) is 106 cm³/mol. The molecule has 1 aromatic heterocycles. The molecule has 0 saturated carbocycles. The zero-order chi connectivity index (χ0) is 17.9. The lowest BCUT2D eigenvalue weighted by Crippen LogP contribution is -2.10. The zero-order valence-electron chi connectivity index (χ0n) is 15.0. The topological polar surface area (TPSA) is 42.0 Å². The number of aryl methyl sites for hydroxylation is 1. The van der Waals surface area contributed by atoms with E-state index in [2.05, 4.69) is 29.6 Å². The Hall–Kier alpha value is -2.94. The maximum Gasteiger partial charge on any atom is 0.221 e. The first kappa shape index (κ1) is 16.5. The van der Waals surface area contributed by atoms with Crippen LogP contribution in [0.5, 0.6) is 0 Å². The van der Waals surface area contributed by atoms with Crippen molar-refractivity contribution in [3.63, 3.8) is 0 Å². The molecule has 0 spiro atoms. The van der Waals surface area contributed by atoms with Crippen molar-refractivity contribution in [2.24, 2.45) is 0 Å². The Morgan fingerprint density at radius 2 is 1.69 bits per heavy atom. The second-order valence-corrected chi connectivity index (χ2v) is 6.79. The van der Waals surface area contributed by atoms with Gasteiger partial charge in [0.1, 0.15) is 0 Å². The lowest BCUT2D eigenvalue weighted by Gasteiger charge is -2.22. The van der Waals surface area contributed by atoms with E-state index < -0.39 is 0 Å². The summed E-state index contributed by atoms with van der Waals surface area (Å²) in [5.74, 6) is -0.0643. The fourth-order valence-corrected chi connectivity index (χ4v) is 3.71. The normalized spacial score (nSPS) is 13.1. The third-order valence-corrected chi connectivity index (χ3v) is 4.90. The molecule has 3 heteroatoms. The molecule has 2 aromatic carbocycles. The minimum atomic E-state index is -0.0643. The van der Waals surface area contributed by atoms with Crippen LogP contribution in [0, 0.1) is 0 Å². The summed E-state index contributed by atoms with van der Waals surface area (Å²) in [6.07, 6.45) is 4.54. The van der Waals surface area contributed by atoms with E-state index in [1.54, 1.807) is 6.92 Å². The number of hydrogen-bond acceptors (Lipinski definition) is 2. The second-order valence-electron chi connectivity index (χ2n) is 6.79. The van der Waals surface area contributed by atoms with Crippen molar-refractivity contribution in [3.8, 4) is 22.5 Å². The van der Waals surface area contributed by atoms with Gasteiger partial charge in [-0.05, 0) is 48.9 Å². The molecule has 4 rings (SSSR count). The summed E-state index contributed by atoms with van der Waals surface area (Å²) in [6, 6.07) is 20.5. The number of pyridine rings is 1. The molecule has 1 aliphatic carbocycles. The average molecular weight is 342 g/mol. The van der Waals surface area contributed by atoms with Gasteiger partial charge in [0.05, 0.1) is 17.1 Å². The number of fused-ring (bicyclic) bond motifs is 1. The molecule has 1 aliphatic rings. The fraction of sp³-hybridized carbons (Fsp3) is 0.217. The molecule has 0 unspecified atom stereocenters. The summed E-state index contributed by atoms with van der Waals surface area (Å²) >= 11 is 0. The number of aromatic nitrogens is 1. The maximum atomic E-state index is 11.6. The van der Waals surface area contributed by atoms with Crippen molar-refractivity contribution in [3.05, 3.63) is 71.8 Å². The minimum absolute atomic E-state index is 0.0643. The molecule has 0 radical (unpaired) electrons. The third-order valence-electron chi connectivity index (χ3n) is 4.90. The quantitative estimate of drug-likeness (QED) is 0.706. The zero-order valence-corrected chi connectivity index (χ0v) is 15.0. The molecule has 0 atom stereocenters. The van der Waals surface area contributed by atoms with E-state index >= 15 is 0 Å². The Bertz CT molecular complexity index is 948. The molecule has 1 amide bonds. The van der Waals surface area contributed by atoms with Gasteiger partial charge in [-0.25, -0.2) is 4.98 Å². The molecular formula is C23H22N2O. The summed E-state index contributed by atoms with van der Waals surface area (Å²) < 4.78 is 0. The first-order valence-electron chi connectivity index (χ1n) is 9.17. The number of rotatable bonds is 3. The first-order valence-corrected chi connectivity index (χ1v) is 9.17. The Morgan fingerprint density at radius 1 is 0.962 bits per heavy atom. The lowest BCUT2D eigenvalue weighted by molar-refractivity contribution is -0.114. The first-order chi connectivity index (χ1) is 12.7. The Kier molecular flexibility index (Phi) is 4.53. The van der Waals surface area contributed by atoms with Crippen LogP contribution in [0.2, 0.25) is 0 Å². The van der Waals surface area contributed by atoms with Crippen LogP contribution in [0.1, 0.15) is 30.9 Å². The van der Waals surface area contributed by atoms with Crippen molar-refractivity contribution in [2.75, 3.05) is 5.32 Å². The Balaban J connectivity index is 1.92. The molecule has 3 aromatic rings. The van der Waals surface area contributed by atoms with Crippen molar-refractivity contribution >= 4 is 11.6 Å². The number of carbonyl (C=O) groups is 1. The van der Waals surface area contributed by atoms with E-state index in [0.29, 0.717) is 0 Å². The molecular weight excluding hydrogens is 320 g/mol. The summed E-state index contributed by atoms with van der Waals surface area (Å²) in [6.45, 7) is 1.54. The molecule has 0 saturated heterocycles. The van der Waals surface area contributed by atoms with Gasteiger partial charge in [0, 0.05) is 18.1 Å². The molecule has 0 bridgehead atoms. The van der Waals surface area contributed by atoms with Crippen molar-refractivity contribution < 1.29 is 4.79 Å². The number of para-hydroxylation sites is 1. The molecule has 0 aliphatic heterocycles. The molecule has 3 nitrogen and oxygen atoms in total. The minimum Gasteiger partial charge on any atom is -0.326 e. The van der Waals surface area contributed by atoms with E-state index in [9.17, 15) is 4.79 Å². The number of anilines is 1. The van der Waals surface area contributed by atoms with Crippen molar-refractivity contribution in [1.82, 2.24) is 4.98 Å². The van der Waals surface area contributed by atoms with Gasteiger partial charge in [0.15, 0.2) is 0 Å². The van der Waals surface area contributed by atoms with Crippen LogP contribution < -0.4 is 5.32 Å². The van der Waals surface area contributed by atoms with Crippen LogP contribution >= 0.6 is 0 Å². The molecule has 0 fully saturated rings. The van der Waals surface area contributed by atoms with Crippen LogP contribution in [0.3, 0.4) is 0 Å². The van der Waals surface area contributed by atoms with Gasteiger partial charge in [0.2, 0.25) is 5.91 Å². The monoisotopic (exact) mass is 342 g/mol. The van der Waals surface area contributed by atoms with Crippen molar-refractivity contribution in [1.29, 1.82) is 0 Å². The predicted octanol–water partition coefficient (Wildman–Crippen LogP) is 5.25. The summed E-state index contributed by atoms with van der Waals surface area (Å²) in [5, 5.41) is 2.96. The molecule has 26 heavy (non-hydrogen) atoms. The van der Waals surface area contributed by atoms with Crippen LogP contribution in [0.25, 0.3) is 22.5 Å². The van der Waals surface area contributed by atoms with Crippen LogP contribution in [-0.2, 0) is 17.6 Å². The largest absolute Gasteiger partial charge is 0.326 e. The van der Waals surface area contributed by atoms with Gasteiger partial charge in [-0.3, -0.25) is 4.79 Å². The van der Waals surface area contributed by atoms with E-state index in [1.165, 1.54) is 24.0 Å². The van der Waals surface area contributed by atoms with E-state index in [-0.39, 0.29) is 5.91 Å². The number of nitrogens with zero attached hydrogens (tertiary/aromatic N) is 1. The Morgan fingerprint density at radius 3 is 2.50 bits per heavy atom. The summed E-state index contributed by atoms with van der Waals surface area (Å²) in [7, 11) is 0. The SMILES string of the molecule is CC(=O)Nc1ccccc1-c1nc(-c2ccccc2)cc2c1CCCC2. The fourth-order valence-electron chi connectivity index (χ4n) is 3.71. The number of nitrogens with one attached hydrogen (secondary N) is 1. The van der Waals surface area contributed by atoms with Crippen LogP contribution in [0.15, 0.2) is 60.7 Å². The highest BCUT2D eigenvalue weighted by Gasteiger charge is 2.20. The number of hydrogen-bond donors (Lipinski definition) is 1. The van der Waals surface area contributed by atoms with Gasteiger partial charge in [-0.1, -0.05) is 48.5 Å². The van der Waals surface area contributed by atoms with Gasteiger partial charge < -0.3 is 5.32 Å². The maximum absolute atomic E-state index is 11.6.